The average molecular weight is 378 g/mol. The first kappa shape index (κ1) is 18.6. The third-order valence-corrected chi connectivity index (χ3v) is 5.68. The van der Waals surface area contributed by atoms with Gasteiger partial charge in [-0.1, -0.05) is 0 Å². The summed E-state index contributed by atoms with van der Waals surface area (Å²) in [4.78, 5) is 43.5. The topological polar surface area (TPSA) is 87.5 Å². The molecule has 2 aromatic heterocycles. The number of hydrogen-bond acceptors (Lipinski definition) is 7. The van der Waals surface area contributed by atoms with Gasteiger partial charge in [0.25, 0.3) is 5.56 Å². The molecule has 0 aliphatic heterocycles. The second kappa shape index (κ2) is 7.57. The molecule has 2 aromatic rings. The molecule has 0 unspecified atom stereocenters. The molecule has 1 atom stereocenters. The van der Waals surface area contributed by atoms with E-state index in [0.29, 0.717) is 29.1 Å². The Balaban J connectivity index is 2.15. The maximum absolute atomic E-state index is 13.1. The number of aromatic nitrogens is 2. The summed E-state index contributed by atoms with van der Waals surface area (Å²) in [5.41, 5.74) is 0.444. The number of fused-ring (bicyclic) bond motifs is 3. The number of carbonyl (C=O) groups excluding carboxylic acids is 2. The van der Waals surface area contributed by atoms with Crippen LogP contribution in [0.25, 0.3) is 10.2 Å². The summed E-state index contributed by atoms with van der Waals surface area (Å²) < 4.78 is 11.5. The zero-order chi connectivity index (χ0) is 18.8. The van der Waals surface area contributed by atoms with Gasteiger partial charge in [0.15, 0.2) is 0 Å². The van der Waals surface area contributed by atoms with Gasteiger partial charge in [-0.15, -0.1) is 11.3 Å². The minimum absolute atomic E-state index is 0.184. The Hall–Kier alpha value is -2.22. The number of rotatable bonds is 5. The lowest BCUT2D eigenvalue weighted by Crippen LogP contribution is -2.29. The van der Waals surface area contributed by atoms with Crippen LogP contribution in [0.5, 0.6) is 0 Å². The molecule has 0 N–H and O–H groups in total. The maximum atomic E-state index is 13.1. The number of hydrogen-bond donors (Lipinski definition) is 0. The summed E-state index contributed by atoms with van der Waals surface area (Å²) in [6.45, 7) is 5.55. The molecule has 140 valence electrons. The maximum Gasteiger partial charge on any atom is 0.326 e. The van der Waals surface area contributed by atoms with Crippen LogP contribution in [0.3, 0.4) is 0 Å². The molecule has 26 heavy (non-hydrogen) atoms. The zero-order valence-corrected chi connectivity index (χ0v) is 16.0. The Morgan fingerprint density at radius 2 is 2.00 bits per heavy atom. The quantitative estimate of drug-likeness (QED) is 0.742. The van der Waals surface area contributed by atoms with Crippen molar-refractivity contribution in [1.82, 2.24) is 9.55 Å². The van der Waals surface area contributed by atoms with Gasteiger partial charge in [-0.2, -0.15) is 0 Å². The fourth-order valence-corrected chi connectivity index (χ4v) is 4.73. The van der Waals surface area contributed by atoms with Crippen LogP contribution in [0.1, 0.15) is 48.9 Å². The van der Waals surface area contributed by atoms with Crippen molar-refractivity contribution >= 4 is 33.5 Å². The monoisotopic (exact) mass is 378 g/mol. The van der Waals surface area contributed by atoms with E-state index < -0.39 is 11.9 Å². The molecule has 8 heteroatoms. The van der Waals surface area contributed by atoms with E-state index in [-0.39, 0.29) is 24.7 Å². The van der Waals surface area contributed by atoms with E-state index in [1.807, 2.05) is 0 Å². The van der Waals surface area contributed by atoms with Crippen molar-refractivity contribution in [2.45, 2.75) is 52.5 Å². The molecule has 0 bridgehead atoms. The molecule has 3 rings (SSSR count). The lowest BCUT2D eigenvalue weighted by molar-refractivity contribution is -0.145. The fourth-order valence-electron chi connectivity index (χ4n) is 3.42. The highest BCUT2D eigenvalue weighted by Crippen LogP contribution is 2.41. The summed E-state index contributed by atoms with van der Waals surface area (Å²) in [6, 6.07) is 0. The normalized spacial score (nSPS) is 16.3. The van der Waals surface area contributed by atoms with Crippen molar-refractivity contribution in [3.05, 3.63) is 26.6 Å². The van der Waals surface area contributed by atoms with Crippen LogP contribution in [0.4, 0.5) is 0 Å². The van der Waals surface area contributed by atoms with Crippen LogP contribution in [0, 0.1) is 6.92 Å². The smallest absolute Gasteiger partial charge is 0.326 e. The van der Waals surface area contributed by atoms with Crippen LogP contribution < -0.4 is 5.56 Å². The van der Waals surface area contributed by atoms with Gasteiger partial charge in [-0.25, -0.2) is 4.98 Å². The number of thiophene rings is 1. The molecule has 0 radical (unpaired) electrons. The predicted octanol–water partition coefficient (Wildman–Crippen LogP) is 2.31. The number of esters is 2. The molecule has 0 saturated carbocycles. The SMILES string of the molecule is CCOC(=O)Cn1c(C)nc2sc3c(c2c1=O)[C@@H](C(=O)OCC)CCC3. The van der Waals surface area contributed by atoms with Crippen molar-refractivity contribution in [3.63, 3.8) is 0 Å². The average Bonchev–Trinajstić information content (AvgIpc) is 2.97. The van der Waals surface area contributed by atoms with Crippen molar-refractivity contribution < 1.29 is 19.1 Å². The van der Waals surface area contributed by atoms with E-state index in [0.717, 1.165) is 23.3 Å². The van der Waals surface area contributed by atoms with Gasteiger partial charge in [0, 0.05) is 4.88 Å². The largest absolute Gasteiger partial charge is 0.466 e. The van der Waals surface area contributed by atoms with E-state index in [1.165, 1.54) is 15.9 Å². The molecule has 0 amide bonds. The van der Waals surface area contributed by atoms with Crippen molar-refractivity contribution in [1.29, 1.82) is 0 Å². The Kier molecular flexibility index (Phi) is 5.41. The molecule has 0 fully saturated rings. The van der Waals surface area contributed by atoms with Crippen LogP contribution >= 0.6 is 11.3 Å². The lowest BCUT2D eigenvalue weighted by Gasteiger charge is -2.21. The molecule has 1 aliphatic carbocycles. The fraction of sp³-hybridized carbons (Fsp3) is 0.556. The van der Waals surface area contributed by atoms with Gasteiger partial charge in [0.1, 0.15) is 17.2 Å². The molecule has 7 nitrogen and oxygen atoms in total. The number of carbonyl (C=O) groups is 2. The van der Waals surface area contributed by atoms with Crippen LogP contribution in [0.2, 0.25) is 0 Å². The summed E-state index contributed by atoms with van der Waals surface area (Å²) in [6.07, 6.45) is 2.35. The molecule has 0 spiro atoms. The summed E-state index contributed by atoms with van der Waals surface area (Å²) >= 11 is 1.46. The Labute approximate surface area is 154 Å². The van der Waals surface area contributed by atoms with Gasteiger partial charge in [-0.3, -0.25) is 19.0 Å². The van der Waals surface area contributed by atoms with Crippen molar-refractivity contribution in [2.24, 2.45) is 0 Å². The minimum Gasteiger partial charge on any atom is -0.466 e. The van der Waals surface area contributed by atoms with E-state index in [2.05, 4.69) is 4.98 Å². The van der Waals surface area contributed by atoms with Gasteiger partial charge >= 0.3 is 11.9 Å². The molecular formula is C18H22N2O5S. The standard InChI is InChI=1S/C18H22N2O5S/c1-4-24-13(21)9-20-10(3)19-16-15(17(20)22)14-11(18(23)25-5-2)7-6-8-12(14)26-16/h11H,4-9H2,1-3H3/t11-/m0/s1. The number of aryl methyl sites for hydroxylation is 2. The van der Waals surface area contributed by atoms with E-state index in [4.69, 9.17) is 9.47 Å². The van der Waals surface area contributed by atoms with E-state index in [1.54, 1.807) is 20.8 Å². The third kappa shape index (κ3) is 3.25. The predicted molar refractivity (Wildman–Crippen MR) is 97.6 cm³/mol. The van der Waals surface area contributed by atoms with Crippen LogP contribution in [-0.2, 0) is 32.0 Å². The zero-order valence-electron chi connectivity index (χ0n) is 15.2. The lowest BCUT2D eigenvalue weighted by atomic mass is 9.86. The highest BCUT2D eigenvalue weighted by molar-refractivity contribution is 7.18. The van der Waals surface area contributed by atoms with Gasteiger partial charge in [0.2, 0.25) is 0 Å². The Morgan fingerprint density at radius 3 is 2.69 bits per heavy atom. The van der Waals surface area contributed by atoms with Crippen molar-refractivity contribution in [2.75, 3.05) is 13.2 Å². The van der Waals surface area contributed by atoms with Crippen LogP contribution in [-0.4, -0.2) is 34.7 Å². The molecule has 0 aromatic carbocycles. The van der Waals surface area contributed by atoms with E-state index >= 15 is 0 Å². The first-order valence-corrected chi connectivity index (χ1v) is 9.64. The highest BCUT2D eigenvalue weighted by atomic mass is 32.1. The number of nitrogens with zero attached hydrogens (tertiary/aromatic N) is 2. The van der Waals surface area contributed by atoms with Crippen LogP contribution in [0.15, 0.2) is 4.79 Å². The molecule has 1 aliphatic rings. The Morgan fingerprint density at radius 1 is 1.27 bits per heavy atom. The highest BCUT2D eigenvalue weighted by Gasteiger charge is 2.33. The molecule has 2 heterocycles. The second-order valence-corrected chi connectivity index (χ2v) is 7.25. The summed E-state index contributed by atoms with van der Waals surface area (Å²) in [7, 11) is 0. The second-order valence-electron chi connectivity index (χ2n) is 6.17. The van der Waals surface area contributed by atoms with E-state index in [9.17, 15) is 14.4 Å². The van der Waals surface area contributed by atoms with Gasteiger partial charge < -0.3 is 9.47 Å². The van der Waals surface area contributed by atoms with Gasteiger partial charge in [-0.05, 0) is 45.6 Å². The first-order valence-electron chi connectivity index (χ1n) is 8.82. The minimum atomic E-state index is -0.482. The first-order chi connectivity index (χ1) is 12.5. The van der Waals surface area contributed by atoms with Gasteiger partial charge in [0.05, 0.1) is 24.5 Å². The molecule has 0 saturated heterocycles. The summed E-state index contributed by atoms with van der Waals surface area (Å²) in [5.74, 6) is -0.766. The third-order valence-electron chi connectivity index (χ3n) is 4.53. The molecular weight excluding hydrogens is 356 g/mol. The number of ether oxygens (including phenoxy) is 2. The summed E-state index contributed by atoms with van der Waals surface area (Å²) in [5, 5.41) is 0.442. The van der Waals surface area contributed by atoms with Crippen molar-refractivity contribution in [3.8, 4) is 0 Å². The Bertz CT molecular complexity index is 914.